The molecule has 0 N–H and O–H groups in total. The summed E-state index contributed by atoms with van der Waals surface area (Å²) in [6.45, 7) is 5.80. The Hall–Kier alpha value is -2.63. The number of carbonyl (C=O) groups is 2. The van der Waals surface area contributed by atoms with Crippen molar-refractivity contribution in [1.29, 1.82) is 0 Å². The lowest BCUT2D eigenvalue weighted by Crippen LogP contribution is -2.47. The molecule has 0 aromatic heterocycles. The molecule has 5 nitrogen and oxygen atoms in total. The fourth-order valence-corrected chi connectivity index (χ4v) is 3.95. The number of amides is 2. The second kappa shape index (κ2) is 7.78. The lowest BCUT2D eigenvalue weighted by molar-refractivity contribution is -0.121. The molecule has 2 heterocycles. The third-order valence-electron chi connectivity index (χ3n) is 5.23. The SMILES string of the molecule is Cc1ccc(N2C(=O)C(Cl)=C(N3CCN(Cc4ccccc4)CC3)C2=O)cc1. The van der Waals surface area contributed by atoms with Crippen molar-refractivity contribution in [3.05, 3.63) is 76.5 Å². The zero-order valence-electron chi connectivity index (χ0n) is 15.8. The zero-order chi connectivity index (χ0) is 19.7. The van der Waals surface area contributed by atoms with Crippen LogP contribution in [0.1, 0.15) is 11.1 Å². The number of halogens is 1. The van der Waals surface area contributed by atoms with Crippen LogP contribution in [0.25, 0.3) is 0 Å². The topological polar surface area (TPSA) is 43.9 Å². The molecule has 0 spiro atoms. The minimum absolute atomic E-state index is 0.0158. The van der Waals surface area contributed by atoms with Gasteiger partial charge in [0.05, 0.1) is 5.69 Å². The largest absolute Gasteiger partial charge is 0.363 e. The summed E-state index contributed by atoms with van der Waals surface area (Å²) >= 11 is 6.31. The third kappa shape index (κ3) is 3.55. The van der Waals surface area contributed by atoms with Crippen LogP contribution >= 0.6 is 11.6 Å². The number of nitrogens with zero attached hydrogens (tertiary/aromatic N) is 3. The maximum atomic E-state index is 13.0. The van der Waals surface area contributed by atoms with E-state index in [1.165, 1.54) is 10.5 Å². The Balaban J connectivity index is 1.45. The third-order valence-corrected chi connectivity index (χ3v) is 5.57. The van der Waals surface area contributed by atoms with Gasteiger partial charge in [-0.25, -0.2) is 4.90 Å². The van der Waals surface area contributed by atoms with Crippen molar-refractivity contribution in [3.8, 4) is 0 Å². The van der Waals surface area contributed by atoms with Gasteiger partial charge in [0.25, 0.3) is 11.8 Å². The van der Waals surface area contributed by atoms with Gasteiger partial charge in [-0.15, -0.1) is 0 Å². The molecule has 0 atom stereocenters. The summed E-state index contributed by atoms with van der Waals surface area (Å²) in [6, 6.07) is 17.6. The van der Waals surface area contributed by atoms with E-state index in [9.17, 15) is 9.59 Å². The summed E-state index contributed by atoms with van der Waals surface area (Å²) in [5.74, 6) is -0.785. The molecule has 0 radical (unpaired) electrons. The van der Waals surface area contributed by atoms with Crippen LogP contribution in [-0.4, -0.2) is 47.8 Å². The molecule has 2 aliphatic heterocycles. The first kappa shape index (κ1) is 18.7. The van der Waals surface area contributed by atoms with Crippen LogP contribution in [0.15, 0.2) is 65.3 Å². The summed E-state index contributed by atoms with van der Waals surface area (Å²) in [7, 11) is 0. The predicted molar refractivity (Wildman–Crippen MR) is 110 cm³/mol. The second-order valence-corrected chi connectivity index (χ2v) is 7.57. The van der Waals surface area contributed by atoms with Crippen molar-refractivity contribution in [2.75, 3.05) is 31.1 Å². The van der Waals surface area contributed by atoms with Crippen LogP contribution in [-0.2, 0) is 16.1 Å². The Morgan fingerprint density at radius 2 is 1.50 bits per heavy atom. The Kier molecular flexibility index (Phi) is 5.20. The number of rotatable bonds is 4. The van der Waals surface area contributed by atoms with Crippen LogP contribution < -0.4 is 4.90 Å². The fraction of sp³-hybridized carbons (Fsp3) is 0.273. The highest BCUT2D eigenvalue weighted by molar-refractivity contribution is 6.52. The number of aryl methyl sites for hydroxylation is 1. The fourth-order valence-electron chi connectivity index (χ4n) is 3.67. The molecule has 4 rings (SSSR count). The normalized spacial score (nSPS) is 18.4. The minimum atomic E-state index is -0.447. The van der Waals surface area contributed by atoms with Gasteiger partial charge >= 0.3 is 0 Å². The van der Waals surface area contributed by atoms with E-state index in [1.54, 1.807) is 12.1 Å². The quantitative estimate of drug-likeness (QED) is 0.746. The van der Waals surface area contributed by atoms with Crippen molar-refractivity contribution in [3.63, 3.8) is 0 Å². The number of carbonyl (C=O) groups excluding carboxylic acids is 2. The zero-order valence-corrected chi connectivity index (χ0v) is 16.5. The van der Waals surface area contributed by atoms with Crippen LogP contribution in [0, 0.1) is 6.92 Å². The molecule has 1 saturated heterocycles. The molecular weight excluding hydrogens is 374 g/mol. The van der Waals surface area contributed by atoms with Crippen LogP contribution in [0.4, 0.5) is 5.69 Å². The van der Waals surface area contributed by atoms with Gasteiger partial charge in [0.2, 0.25) is 0 Å². The first-order valence-corrected chi connectivity index (χ1v) is 9.79. The minimum Gasteiger partial charge on any atom is -0.363 e. The van der Waals surface area contributed by atoms with Gasteiger partial charge in [-0.2, -0.15) is 0 Å². The molecule has 2 aromatic carbocycles. The number of benzene rings is 2. The molecular formula is C22H22ClN3O2. The highest BCUT2D eigenvalue weighted by atomic mass is 35.5. The molecule has 6 heteroatoms. The van der Waals surface area contributed by atoms with Gasteiger partial charge in [0.15, 0.2) is 0 Å². The van der Waals surface area contributed by atoms with Gasteiger partial charge in [-0.1, -0.05) is 59.6 Å². The van der Waals surface area contributed by atoms with E-state index >= 15 is 0 Å². The van der Waals surface area contributed by atoms with Crippen molar-refractivity contribution < 1.29 is 9.59 Å². The highest BCUT2D eigenvalue weighted by Gasteiger charge is 2.41. The van der Waals surface area contributed by atoms with E-state index in [4.69, 9.17) is 11.6 Å². The molecule has 144 valence electrons. The molecule has 1 fully saturated rings. The maximum Gasteiger partial charge on any atom is 0.283 e. The summed E-state index contributed by atoms with van der Waals surface area (Å²) in [6.07, 6.45) is 0. The van der Waals surface area contributed by atoms with Crippen LogP contribution in [0.3, 0.4) is 0 Å². The molecule has 0 saturated carbocycles. The van der Waals surface area contributed by atoms with Gasteiger partial charge in [0.1, 0.15) is 10.7 Å². The van der Waals surface area contributed by atoms with Gasteiger partial charge < -0.3 is 4.90 Å². The average molecular weight is 396 g/mol. The lowest BCUT2D eigenvalue weighted by atomic mass is 10.2. The molecule has 0 unspecified atom stereocenters. The predicted octanol–water partition coefficient (Wildman–Crippen LogP) is 3.14. The first-order valence-electron chi connectivity index (χ1n) is 9.41. The standard InChI is InChI=1S/C22H22ClN3O2/c1-16-7-9-18(10-8-16)26-21(27)19(23)20(22(26)28)25-13-11-24(12-14-25)15-17-5-3-2-4-6-17/h2-10H,11-15H2,1H3. The highest BCUT2D eigenvalue weighted by Crippen LogP contribution is 2.31. The molecule has 0 aliphatic carbocycles. The van der Waals surface area contributed by atoms with E-state index in [2.05, 4.69) is 17.0 Å². The van der Waals surface area contributed by atoms with Crippen molar-refractivity contribution in [2.24, 2.45) is 0 Å². The number of imide groups is 1. The van der Waals surface area contributed by atoms with Crippen molar-refractivity contribution in [1.82, 2.24) is 9.80 Å². The van der Waals surface area contributed by atoms with Gasteiger partial charge in [0, 0.05) is 32.7 Å². The smallest absolute Gasteiger partial charge is 0.283 e. The number of hydrogen-bond acceptors (Lipinski definition) is 4. The van der Waals surface area contributed by atoms with E-state index in [0.29, 0.717) is 24.5 Å². The number of piperazine rings is 1. The number of hydrogen-bond donors (Lipinski definition) is 0. The molecule has 0 bridgehead atoms. The monoisotopic (exact) mass is 395 g/mol. The van der Waals surface area contributed by atoms with Crippen LogP contribution in [0.2, 0.25) is 0 Å². The molecule has 2 aliphatic rings. The summed E-state index contributed by atoms with van der Waals surface area (Å²) < 4.78 is 0. The Bertz CT molecular complexity index is 917. The van der Waals surface area contributed by atoms with E-state index in [-0.39, 0.29) is 10.9 Å². The lowest BCUT2D eigenvalue weighted by Gasteiger charge is -2.36. The Labute approximate surface area is 169 Å². The van der Waals surface area contributed by atoms with Crippen LogP contribution in [0.5, 0.6) is 0 Å². The van der Waals surface area contributed by atoms with Crippen molar-refractivity contribution in [2.45, 2.75) is 13.5 Å². The van der Waals surface area contributed by atoms with E-state index in [0.717, 1.165) is 25.2 Å². The second-order valence-electron chi connectivity index (χ2n) is 7.19. The molecule has 28 heavy (non-hydrogen) atoms. The number of anilines is 1. The Morgan fingerprint density at radius 3 is 2.14 bits per heavy atom. The van der Waals surface area contributed by atoms with E-state index in [1.807, 2.05) is 42.2 Å². The summed E-state index contributed by atoms with van der Waals surface area (Å²) in [4.78, 5) is 31.1. The Morgan fingerprint density at radius 1 is 0.857 bits per heavy atom. The van der Waals surface area contributed by atoms with Crippen molar-refractivity contribution >= 4 is 29.1 Å². The maximum absolute atomic E-state index is 13.0. The van der Waals surface area contributed by atoms with Gasteiger partial charge in [-0.05, 0) is 24.6 Å². The summed E-state index contributed by atoms with van der Waals surface area (Å²) in [5.41, 5.74) is 3.21. The average Bonchev–Trinajstić information content (AvgIpc) is 2.93. The summed E-state index contributed by atoms with van der Waals surface area (Å²) in [5, 5.41) is 0.0158. The molecule has 2 amide bonds. The van der Waals surface area contributed by atoms with E-state index < -0.39 is 5.91 Å². The van der Waals surface area contributed by atoms with Gasteiger partial charge in [-0.3, -0.25) is 14.5 Å². The first-order chi connectivity index (χ1) is 13.5. The molecule has 2 aromatic rings.